The van der Waals surface area contributed by atoms with Crippen LogP contribution >= 0.6 is 22.9 Å². The Morgan fingerprint density at radius 3 is 2.83 bits per heavy atom. The van der Waals surface area contributed by atoms with Gasteiger partial charge in [0.15, 0.2) is 0 Å². The number of amides is 1. The summed E-state index contributed by atoms with van der Waals surface area (Å²) in [6, 6.07) is 5.74. The monoisotopic (exact) mass is 283 g/mol. The van der Waals surface area contributed by atoms with Gasteiger partial charge in [-0.3, -0.25) is 14.9 Å². The molecule has 0 spiro atoms. The van der Waals surface area contributed by atoms with E-state index in [1.54, 1.807) is 6.07 Å². The van der Waals surface area contributed by atoms with E-state index in [4.69, 9.17) is 11.6 Å². The normalized spacial score (nSPS) is 10.1. The molecule has 0 unspecified atom stereocenters. The van der Waals surface area contributed by atoms with Gasteiger partial charge in [-0.15, -0.1) is 0 Å². The molecule has 2 rings (SSSR count). The first-order valence-electron chi connectivity index (χ1n) is 4.73. The summed E-state index contributed by atoms with van der Waals surface area (Å²) in [7, 11) is 0. The number of thiophene rings is 1. The molecule has 0 radical (unpaired) electrons. The highest BCUT2D eigenvalue weighted by Gasteiger charge is 2.15. The van der Waals surface area contributed by atoms with E-state index >= 15 is 0 Å². The summed E-state index contributed by atoms with van der Waals surface area (Å²) in [5, 5.41) is 13.4. The van der Waals surface area contributed by atoms with Gasteiger partial charge in [0.2, 0.25) is 0 Å². The van der Waals surface area contributed by atoms with Gasteiger partial charge < -0.3 is 5.32 Å². The third-order valence-corrected chi connectivity index (χ3v) is 3.23. The number of anilines is 1. The van der Waals surface area contributed by atoms with Crippen LogP contribution in [0, 0.1) is 10.1 Å². The summed E-state index contributed by atoms with van der Waals surface area (Å²) in [5.41, 5.74) is 0. The molecule has 0 bridgehead atoms. The molecule has 0 aliphatic rings. The number of nitro groups is 1. The van der Waals surface area contributed by atoms with Crippen molar-refractivity contribution >= 4 is 39.7 Å². The van der Waals surface area contributed by atoms with Gasteiger partial charge in [-0.05, 0) is 18.2 Å². The summed E-state index contributed by atoms with van der Waals surface area (Å²) >= 11 is 6.54. The van der Waals surface area contributed by atoms with E-state index in [1.807, 2.05) is 0 Å². The van der Waals surface area contributed by atoms with Crippen molar-refractivity contribution in [2.75, 3.05) is 5.32 Å². The summed E-state index contributed by atoms with van der Waals surface area (Å²) in [5.74, 6) is -0.161. The van der Waals surface area contributed by atoms with Gasteiger partial charge in [0.1, 0.15) is 5.82 Å². The Bertz CT molecular complexity index is 614. The number of aromatic nitrogens is 1. The number of carbonyl (C=O) groups excluding carboxylic acids is 1. The molecule has 0 fully saturated rings. The molecule has 0 saturated carbocycles. The van der Waals surface area contributed by atoms with Crippen molar-refractivity contribution in [3.8, 4) is 0 Å². The molecule has 2 aromatic rings. The Balaban J connectivity index is 2.14. The van der Waals surface area contributed by atoms with E-state index in [-0.39, 0.29) is 9.88 Å². The molecule has 2 aromatic heterocycles. The number of pyridine rings is 1. The Kier molecular flexibility index (Phi) is 3.54. The summed E-state index contributed by atoms with van der Waals surface area (Å²) in [6.45, 7) is 0. The molecular weight excluding hydrogens is 278 g/mol. The van der Waals surface area contributed by atoms with Crippen molar-refractivity contribution < 1.29 is 9.72 Å². The molecule has 0 aromatic carbocycles. The maximum Gasteiger partial charge on any atom is 0.324 e. The lowest BCUT2D eigenvalue weighted by Gasteiger charge is -2.01. The van der Waals surface area contributed by atoms with Gasteiger partial charge in [0.25, 0.3) is 5.91 Å². The Morgan fingerprint density at radius 1 is 1.44 bits per heavy atom. The minimum absolute atomic E-state index is 0.0841. The van der Waals surface area contributed by atoms with Gasteiger partial charge in [-0.1, -0.05) is 22.9 Å². The number of rotatable bonds is 3. The van der Waals surface area contributed by atoms with Crippen LogP contribution in [0.1, 0.15) is 9.67 Å². The molecule has 8 heteroatoms. The standard InChI is InChI=1S/C10H6ClN3O3S/c11-6-3-4-12-8(5-6)13-10(15)7-1-2-9(18-7)14(16)17/h1-5H,(H,12,13,15). The second-order valence-corrected chi connectivity index (χ2v) is 4.71. The molecule has 2 heterocycles. The number of nitrogens with one attached hydrogen (secondary N) is 1. The van der Waals surface area contributed by atoms with Crippen LogP contribution in [0.5, 0.6) is 0 Å². The fourth-order valence-electron chi connectivity index (χ4n) is 1.20. The average molecular weight is 284 g/mol. The Morgan fingerprint density at radius 2 is 2.22 bits per heavy atom. The predicted octanol–water partition coefficient (Wildman–Crippen LogP) is 2.96. The molecule has 1 amide bonds. The Labute approximate surface area is 110 Å². The van der Waals surface area contributed by atoms with Gasteiger partial charge in [0.05, 0.1) is 9.80 Å². The van der Waals surface area contributed by atoms with Gasteiger partial charge in [-0.2, -0.15) is 0 Å². The van der Waals surface area contributed by atoms with Crippen LogP contribution in [-0.4, -0.2) is 15.8 Å². The van der Waals surface area contributed by atoms with Crippen LogP contribution < -0.4 is 5.32 Å². The largest absolute Gasteiger partial charge is 0.324 e. The lowest BCUT2D eigenvalue weighted by atomic mass is 10.4. The number of halogens is 1. The lowest BCUT2D eigenvalue weighted by Crippen LogP contribution is -2.11. The van der Waals surface area contributed by atoms with E-state index in [9.17, 15) is 14.9 Å². The second-order valence-electron chi connectivity index (χ2n) is 3.21. The van der Waals surface area contributed by atoms with Crippen molar-refractivity contribution in [1.82, 2.24) is 4.98 Å². The molecule has 0 aliphatic heterocycles. The molecule has 0 saturated heterocycles. The zero-order valence-electron chi connectivity index (χ0n) is 8.79. The topological polar surface area (TPSA) is 85.1 Å². The van der Waals surface area contributed by atoms with Crippen molar-refractivity contribution in [3.05, 3.63) is 50.5 Å². The van der Waals surface area contributed by atoms with Crippen LogP contribution in [0.3, 0.4) is 0 Å². The van der Waals surface area contributed by atoms with Crippen molar-refractivity contribution in [2.45, 2.75) is 0 Å². The second kappa shape index (κ2) is 5.11. The quantitative estimate of drug-likeness (QED) is 0.693. The van der Waals surface area contributed by atoms with Crippen LogP contribution in [0.4, 0.5) is 10.8 Å². The predicted molar refractivity (Wildman–Crippen MR) is 68.2 cm³/mol. The molecule has 92 valence electrons. The molecule has 0 atom stereocenters. The van der Waals surface area contributed by atoms with Crippen LogP contribution in [0.25, 0.3) is 0 Å². The molecule has 0 aliphatic carbocycles. The first-order chi connectivity index (χ1) is 8.56. The first kappa shape index (κ1) is 12.5. The van der Waals surface area contributed by atoms with E-state index in [0.29, 0.717) is 10.8 Å². The zero-order chi connectivity index (χ0) is 13.1. The van der Waals surface area contributed by atoms with Crippen LogP contribution in [-0.2, 0) is 0 Å². The van der Waals surface area contributed by atoms with Gasteiger partial charge in [0, 0.05) is 17.3 Å². The van der Waals surface area contributed by atoms with E-state index in [1.165, 1.54) is 24.4 Å². The van der Waals surface area contributed by atoms with E-state index in [0.717, 1.165) is 11.3 Å². The smallest absolute Gasteiger partial charge is 0.306 e. The molecule has 18 heavy (non-hydrogen) atoms. The average Bonchev–Trinajstić information content (AvgIpc) is 2.78. The summed E-state index contributed by atoms with van der Waals surface area (Å²) < 4.78 is 0. The van der Waals surface area contributed by atoms with Crippen molar-refractivity contribution in [2.24, 2.45) is 0 Å². The summed E-state index contributed by atoms with van der Waals surface area (Å²) in [4.78, 5) is 25.8. The number of hydrogen-bond acceptors (Lipinski definition) is 5. The molecule has 1 N–H and O–H groups in total. The number of hydrogen-bond donors (Lipinski definition) is 1. The molecular formula is C10H6ClN3O3S. The van der Waals surface area contributed by atoms with Gasteiger partial charge in [-0.25, -0.2) is 4.98 Å². The minimum Gasteiger partial charge on any atom is -0.306 e. The number of carbonyl (C=O) groups is 1. The highest BCUT2D eigenvalue weighted by molar-refractivity contribution is 7.17. The third kappa shape index (κ3) is 2.82. The van der Waals surface area contributed by atoms with Crippen molar-refractivity contribution in [1.29, 1.82) is 0 Å². The van der Waals surface area contributed by atoms with E-state index in [2.05, 4.69) is 10.3 Å². The third-order valence-electron chi connectivity index (χ3n) is 1.96. The SMILES string of the molecule is O=C(Nc1cc(Cl)ccn1)c1ccc([N+](=O)[O-])s1. The van der Waals surface area contributed by atoms with E-state index < -0.39 is 10.8 Å². The number of nitrogens with zero attached hydrogens (tertiary/aromatic N) is 2. The first-order valence-corrected chi connectivity index (χ1v) is 5.93. The maximum atomic E-state index is 11.8. The fourth-order valence-corrected chi connectivity index (χ4v) is 2.07. The lowest BCUT2D eigenvalue weighted by molar-refractivity contribution is -0.380. The molecule has 6 nitrogen and oxygen atoms in total. The van der Waals surface area contributed by atoms with Crippen molar-refractivity contribution in [3.63, 3.8) is 0 Å². The zero-order valence-corrected chi connectivity index (χ0v) is 10.4. The fraction of sp³-hybridized carbons (Fsp3) is 0. The van der Waals surface area contributed by atoms with Gasteiger partial charge >= 0.3 is 5.00 Å². The van der Waals surface area contributed by atoms with Crippen LogP contribution in [0.15, 0.2) is 30.5 Å². The maximum absolute atomic E-state index is 11.8. The highest BCUT2D eigenvalue weighted by atomic mass is 35.5. The highest BCUT2D eigenvalue weighted by Crippen LogP contribution is 2.24. The van der Waals surface area contributed by atoms with Crippen LogP contribution in [0.2, 0.25) is 5.02 Å². The Hall–Kier alpha value is -1.99. The minimum atomic E-state index is -0.543. The summed E-state index contributed by atoms with van der Waals surface area (Å²) in [6.07, 6.45) is 1.45.